The Hall–Kier alpha value is -2.31. The average molecular weight is 461 g/mol. The van der Waals surface area contributed by atoms with Crippen LogP contribution in [0.25, 0.3) is 0 Å². The van der Waals surface area contributed by atoms with Crippen LogP contribution in [0.4, 0.5) is 5.82 Å². The molecule has 1 aliphatic heterocycles. The van der Waals surface area contributed by atoms with E-state index in [-0.39, 0.29) is 24.9 Å². The average Bonchev–Trinajstić information content (AvgIpc) is 2.73. The molecule has 0 radical (unpaired) electrons. The normalized spacial score (nSPS) is 23.2. The number of aromatic nitrogens is 2. The lowest BCUT2D eigenvalue weighted by molar-refractivity contribution is -0.146. The summed E-state index contributed by atoms with van der Waals surface area (Å²) < 4.78 is 34.8. The lowest BCUT2D eigenvalue weighted by Gasteiger charge is -2.30. The standard InChI is InChI=1S/C17H28N5O8P/c1-10(2)14(19)15(23)20-12(16(24)27-3)8-30-31(26)9-28-11(7-29-31)6-22-5-4-13(18)21-17(22)25/h4-5,10-12,14H,6-9,19H2,1-3H3,(H,20,23)(H2,18,21,25)/t11-,12-,14-,31?/m0/s1. The van der Waals surface area contributed by atoms with E-state index < -0.39 is 56.3 Å². The highest BCUT2D eigenvalue weighted by Gasteiger charge is 2.36. The second-order valence-electron chi connectivity index (χ2n) is 7.26. The molecule has 4 atom stereocenters. The van der Waals surface area contributed by atoms with Crippen LogP contribution in [-0.4, -0.2) is 66.3 Å². The Bertz CT molecular complexity index is 880. The third-order valence-corrected chi connectivity index (χ3v) is 6.03. The molecular weight excluding hydrogens is 433 g/mol. The Morgan fingerprint density at radius 1 is 1.45 bits per heavy atom. The number of ether oxygens (including phenoxy) is 2. The second kappa shape index (κ2) is 10.8. The summed E-state index contributed by atoms with van der Waals surface area (Å²) in [6.07, 6.45) is 0.487. The maximum Gasteiger partial charge on any atom is 0.356 e. The monoisotopic (exact) mass is 461 g/mol. The van der Waals surface area contributed by atoms with E-state index in [1.165, 1.54) is 16.8 Å². The minimum absolute atomic E-state index is 0.0987. The van der Waals surface area contributed by atoms with Gasteiger partial charge in [-0.15, -0.1) is 0 Å². The van der Waals surface area contributed by atoms with Crippen LogP contribution < -0.4 is 22.5 Å². The number of nitrogens with one attached hydrogen (secondary N) is 1. The van der Waals surface area contributed by atoms with Gasteiger partial charge in [0.15, 0.2) is 6.04 Å². The summed E-state index contributed by atoms with van der Waals surface area (Å²) in [5.41, 5.74) is 10.7. The molecule has 1 amide bonds. The van der Waals surface area contributed by atoms with Crippen molar-refractivity contribution in [3.8, 4) is 0 Å². The number of hydrogen-bond donors (Lipinski definition) is 3. The SMILES string of the molecule is COC(=O)[C@H](COP1(=O)CO[C@@H](Cn2ccc(N)nc2=O)CO1)NC(=O)[C@@H](N)C(C)C. The molecule has 5 N–H and O–H groups in total. The highest BCUT2D eigenvalue weighted by Crippen LogP contribution is 2.51. The molecule has 0 aromatic carbocycles. The van der Waals surface area contributed by atoms with Gasteiger partial charge in [-0.25, -0.2) is 9.59 Å². The molecule has 31 heavy (non-hydrogen) atoms. The van der Waals surface area contributed by atoms with Crippen molar-refractivity contribution >= 4 is 25.3 Å². The molecule has 14 heteroatoms. The van der Waals surface area contributed by atoms with Gasteiger partial charge >= 0.3 is 19.3 Å². The van der Waals surface area contributed by atoms with E-state index in [0.29, 0.717) is 0 Å². The van der Waals surface area contributed by atoms with E-state index in [4.69, 9.17) is 25.3 Å². The van der Waals surface area contributed by atoms with Gasteiger partial charge in [-0.05, 0) is 12.0 Å². The van der Waals surface area contributed by atoms with Gasteiger partial charge in [0.25, 0.3) is 0 Å². The predicted octanol–water partition coefficient (Wildman–Crippen LogP) is -0.951. The van der Waals surface area contributed by atoms with Crippen molar-refractivity contribution in [2.75, 3.05) is 32.4 Å². The van der Waals surface area contributed by atoms with E-state index in [2.05, 4.69) is 15.0 Å². The number of esters is 1. The van der Waals surface area contributed by atoms with Gasteiger partial charge in [0.05, 0.1) is 32.9 Å². The smallest absolute Gasteiger partial charge is 0.356 e. The van der Waals surface area contributed by atoms with Crippen LogP contribution in [0.15, 0.2) is 17.1 Å². The Kier molecular flexibility index (Phi) is 8.71. The first-order valence-corrected chi connectivity index (χ1v) is 11.2. The third kappa shape index (κ3) is 7.11. The van der Waals surface area contributed by atoms with Crippen molar-refractivity contribution < 1.29 is 32.7 Å². The van der Waals surface area contributed by atoms with Gasteiger partial charge < -0.3 is 35.3 Å². The van der Waals surface area contributed by atoms with Crippen LogP contribution in [0.2, 0.25) is 0 Å². The minimum atomic E-state index is -3.70. The van der Waals surface area contributed by atoms with Gasteiger partial charge in [-0.3, -0.25) is 13.9 Å². The number of carbonyl (C=O) groups excluding carboxylic acids is 2. The molecule has 2 heterocycles. The predicted molar refractivity (Wildman–Crippen MR) is 109 cm³/mol. The number of carbonyl (C=O) groups is 2. The lowest BCUT2D eigenvalue weighted by atomic mass is 10.0. The fraction of sp³-hybridized carbons (Fsp3) is 0.647. The zero-order chi connectivity index (χ0) is 23.2. The molecule has 13 nitrogen and oxygen atoms in total. The van der Waals surface area contributed by atoms with E-state index in [9.17, 15) is 18.9 Å². The highest BCUT2D eigenvalue weighted by molar-refractivity contribution is 7.53. The summed E-state index contributed by atoms with van der Waals surface area (Å²) in [4.78, 5) is 39.5. The van der Waals surface area contributed by atoms with E-state index >= 15 is 0 Å². The number of methoxy groups -OCH3 is 1. The van der Waals surface area contributed by atoms with Crippen molar-refractivity contribution in [3.63, 3.8) is 0 Å². The number of hydrogen-bond acceptors (Lipinski definition) is 11. The Balaban J connectivity index is 1.91. The molecule has 0 saturated carbocycles. The molecule has 0 aliphatic carbocycles. The molecule has 1 aromatic heterocycles. The molecule has 2 rings (SSSR count). The fourth-order valence-electron chi connectivity index (χ4n) is 2.53. The Morgan fingerprint density at radius 2 is 2.16 bits per heavy atom. The first kappa shape index (κ1) is 25.0. The van der Waals surface area contributed by atoms with Crippen LogP contribution in [-0.2, 0) is 39.2 Å². The topological polar surface area (TPSA) is 187 Å². The van der Waals surface area contributed by atoms with Crippen LogP contribution in [0.5, 0.6) is 0 Å². The molecule has 1 aliphatic rings. The molecule has 0 spiro atoms. The molecule has 1 aromatic rings. The summed E-state index contributed by atoms with van der Waals surface area (Å²) >= 11 is 0. The van der Waals surface area contributed by atoms with E-state index in [0.717, 1.165) is 7.11 Å². The largest absolute Gasteiger partial charge is 0.467 e. The third-order valence-electron chi connectivity index (χ3n) is 4.48. The fourth-order valence-corrected chi connectivity index (χ4v) is 3.92. The van der Waals surface area contributed by atoms with Gasteiger partial charge in [-0.2, -0.15) is 4.98 Å². The molecular formula is C17H28N5O8P. The second-order valence-corrected chi connectivity index (χ2v) is 9.26. The first-order chi connectivity index (χ1) is 14.5. The zero-order valence-electron chi connectivity index (χ0n) is 17.6. The molecule has 1 unspecified atom stereocenters. The summed E-state index contributed by atoms with van der Waals surface area (Å²) in [5.74, 6) is -1.42. The lowest BCUT2D eigenvalue weighted by Crippen LogP contribution is -2.52. The van der Waals surface area contributed by atoms with Crippen molar-refractivity contribution in [2.45, 2.75) is 38.6 Å². The molecule has 1 saturated heterocycles. The van der Waals surface area contributed by atoms with Gasteiger partial charge in [0, 0.05) is 6.20 Å². The number of anilines is 1. The van der Waals surface area contributed by atoms with Crippen LogP contribution in [0.1, 0.15) is 13.8 Å². The summed E-state index contributed by atoms with van der Waals surface area (Å²) in [6, 6.07) is -0.607. The number of rotatable bonds is 9. The minimum Gasteiger partial charge on any atom is -0.467 e. The van der Waals surface area contributed by atoms with Gasteiger partial charge in [0.1, 0.15) is 18.3 Å². The summed E-state index contributed by atoms with van der Waals surface area (Å²) in [5, 5.41) is 2.42. The summed E-state index contributed by atoms with van der Waals surface area (Å²) in [7, 11) is -2.56. The van der Waals surface area contributed by atoms with Crippen molar-refractivity contribution in [1.29, 1.82) is 0 Å². The molecule has 174 valence electrons. The highest BCUT2D eigenvalue weighted by atomic mass is 31.2. The van der Waals surface area contributed by atoms with Crippen molar-refractivity contribution in [2.24, 2.45) is 11.7 Å². The Morgan fingerprint density at radius 3 is 2.71 bits per heavy atom. The van der Waals surface area contributed by atoms with Crippen LogP contribution in [0, 0.1) is 5.92 Å². The first-order valence-electron chi connectivity index (χ1n) is 9.51. The maximum absolute atomic E-state index is 12.7. The van der Waals surface area contributed by atoms with Gasteiger partial charge in [-0.1, -0.05) is 13.8 Å². The Labute approximate surface area is 178 Å². The molecule has 0 bridgehead atoms. The van der Waals surface area contributed by atoms with Crippen LogP contribution >= 0.6 is 7.60 Å². The van der Waals surface area contributed by atoms with E-state index in [1.54, 1.807) is 13.8 Å². The van der Waals surface area contributed by atoms with Crippen LogP contribution in [0.3, 0.4) is 0 Å². The number of nitrogens with two attached hydrogens (primary N) is 2. The summed E-state index contributed by atoms with van der Waals surface area (Å²) in [6.45, 7) is 3.03. The maximum atomic E-state index is 12.7. The van der Waals surface area contributed by atoms with E-state index in [1.807, 2.05) is 0 Å². The zero-order valence-corrected chi connectivity index (χ0v) is 18.4. The number of nitrogens with zero attached hydrogens (tertiary/aromatic N) is 2. The molecule has 1 fully saturated rings. The van der Waals surface area contributed by atoms with Gasteiger partial charge in [0.2, 0.25) is 5.91 Å². The number of amides is 1. The van der Waals surface area contributed by atoms with Crippen molar-refractivity contribution in [1.82, 2.24) is 14.9 Å². The van der Waals surface area contributed by atoms with Crippen molar-refractivity contribution in [3.05, 3.63) is 22.7 Å². The quantitative estimate of drug-likeness (QED) is 0.304. The number of nitrogen functional groups attached to an aromatic ring is 1.